The predicted octanol–water partition coefficient (Wildman–Crippen LogP) is 3.17. The number of benzene rings is 2. The van der Waals surface area contributed by atoms with Crippen LogP contribution in [-0.4, -0.2) is 47.2 Å². The first kappa shape index (κ1) is 22.5. The zero-order chi connectivity index (χ0) is 22.5. The summed E-state index contributed by atoms with van der Waals surface area (Å²) in [5.41, 5.74) is 0.994. The summed E-state index contributed by atoms with van der Waals surface area (Å²) in [4.78, 5) is 50.8. The van der Waals surface area contributed by atoms with Crippen molar-refractivity contribution in [3.05, 3.63) is 64.2 Å². The third-order valence-corrected chi connectivity index (χ3v) is 5.56. The maximum Gasteiger partial charge on any atom is 0.335 e. The van der Waals surface area contributed by atoms with Crippen LogP contribution in [0.3, 0.4) is 0 Å². The molecule has 0 aliphatic carbocycles. The number of imide groups is 1. The van der Waals surface area contributed by atoms with E-state index < -0.39 is 23.7 Å². The number of likely N-dealkylation sites (tertiary alicyclic amines) is 1. The van der Waals surface area contributed by atoms with Gasteiger partial charge >= 0.3 is 5.97 Å². The van der Waals surface area contributed by atoms with Crippen molar-refractivity contribution in [3.8, 4) is 5.75 Å². The smallest absolute Gasteiger partial charge is 0.335 e. The summed E-state index contributed by atoms with van der Waals surface area (Å²) < 4.78 is 5.35. The molecule has 0 radical (unpaired) electrons. The molecule has 1 unspecified atom stereocenters. The molecule has 1 fully saturated rings. The number of carbonyl (C=O) groups excluding carboxylic acids is 3. The minimum absolute atomic E-state index is 0.00957. The molecule has 1 N–H and O–H groups in total. The Kier molecular flexibility index (Phi) is 7.07. The molecule has 3 rings (SSSR count). The van der Waals surface area contributed by atoms with E-state index in [1.807, 2.05) is 0 Å². The molecule has 0 bridgehead atoms. The number of aromatic carboxylic acids is 1. The van der Waals surface area contributed by atoms with Gasteiger partial charge in [-0.25, -0.2) is 4.79 Å². The van der Waals surface area contributed by atoms with Crippen molar-refractivity contribution >= 4 is 35.2 Å². The predicted molar refractivity (Wildman–Crippen MR) is 113 cm³/mol. The molecule has 2 aromatic carbocycles. The van der Waals surface area contributed by atoms with Crippen molar-refractivity contribution in [2.24, 2.45) is 5.92 Å². The molecule has 7 nitrogen and oxygen atoms in total. The highest BCUT2D eigenvalue weighted by Crippen LogP contribution is 2.29. The molecule has 1 atom stereocenters. The van der Waals surface area contributed by atoms with E-state index in [0.717, 1.165) is 4.90 Å². The highest BCUT2D eigenvalue weighted by atomic mass is 35.5. The molecular formula is C23H22ClNO6. The zero-order valence-corrected chi connectivity index (χ0v) is 17.7. The SMILES string of the molecule is COc1ccc(Cl)cc1CC1CCC(=O)CN(C(=O)Cc2ccccc2C(=O)O)C1=O. The van der Waals surface area contributed by atoms with Gasteiger partial charge in [-0.15, -0.1) is 0 Å². The third-order valence-electron chi connectivity index (χ3n) is 5.32. The molecule has 1 saturated heterocycles. The van der Waals surface area contributed by atoms with E-state index in [1.165, 1.54) is 19.2 Å². The molecule has 2 aromatic rings. The van der Waals surface area contributed by atoms with E-state index in [-0.39, 0.29) is 42.7 Å². The first-order valence-electron chi connectivity index (χ1n) is 9.79. The van der Waals surface area contributed by atoms with E-state index in [2.05, 4.69) is 0 Å². The minimum atomic E-state index is -1.16. The summed E-state index contributed by atoms with van der Waals surface area (Å²) in [7, 11) is 1.51. The summed E-state index contributed by atoms with van der Waals surface area (Å²) >= 11 is 6.09. The van der Waals surface area contributed by atoms with Crippen LogP contribution in [0.4, 0.5) is 0 Å². The Labute approximate surface area is 184 Å². The molecule has 2 amide bonds. The lowest BCUT2D eigenvalue weighted by Crippen LogP contribution is -2.43. The first-order chi connectivity index (χ1) is 14.8. The third kappa shape index (κ3) is 5.30. The van der Waals surface area contributed by atoms with Gasteiger partial charge in [0.25, 0.3) is 0 Å². The van der Waals surface area contributed by atoms with Gasteiger partial charge in [0, 0.05) is 17.4 Å². The van der Waals surface area contributed by atoms with Gasteiger partial charge in [0.2, 0.25) is 11.8 Å². The molecular weight excluding hydrogens is 422 g/mol. The zero-order valence-electron chi connectivity index (χ0n) is 17.0. The molecule has 0 aromatic heterocycles. The highest BCUT2D eigenvalue weighted by Gasteiger charge is 2.34. The van der Waals surface area contributed by atoms with E-state index in [4.69, 9.17) is 16.3 Å². The molecule has 162 valence electrons. The Bertz CT molecular complexity index is 1030. The van der Waals surface area contributed by atoms with Gasteiger partial charge in [-0.2, -0.15) is 0 Å². The summed E-state index contributed by atoms with van der Waals surface area (Å²) in [6, 6.07) is 11.2. The van der Waals surface area contributed by atoms with Crippen molar-refractivity contribution in [2.75, 3.05) is 13.7 Å². The van der Waals surface area contributed by atoms with Crippen LogP contribution in [0.2, 0.25) is 5.02 Å². The lowest BCUT2D eigenvalue weighted by atomic mass is 9.93. The van der Waals surface area contributed by atoms with Crippen LogP contribution in [0.15, 0.2) is 42.5 Å². The van der Waals surface area contributed by atoms with Crippen LogP contribution in [0, 0.1) is 5.92 Å². The number of amides is 2. The number of halogens is 1. The molecule has 0 spiro atoms. The average Bonchev–Trinajstić information content (AvgIpc) is 2.87. The Hall–Kier alpha value is -3.19. The van der Waals surface area contributed by atoms with Crippen LogP contribution in [0.1, 0.15) is 34.3 Å². The maximum absolute atomic E-state index is 13.2. The fourth-order valence-electron chi connectivity index (χ4n) is 3.73. The molecule has 0 saturated carbocycles. The van der Waals surface area contributed by atoms with Gasteiger partial charge in [-0.05, 0) is 48.2 Å². The van der Waals surface area contributed by atoms with E-state index in [1.54, 1.807) is 30.3 Å². The Morgan fingerprint density at radius 3 is 2.61 bits per heavy atom. The quantitative estimate of drug-likeness (QED) is 0.735. The van der Waals surface area contributed by atoms with Gasteiger partial charge in [0.15, 0.2) is 5.78 Å². The van der Waals surface area contributed by atoms with Crippen molar-refractivity contribution in [1.29, 1.82) is 0 Å². The number of carboxylic acid groups (broad SMARTS) is 1. The number of hydrogen-bond donors (Lipinski definition) is 1. The minimum Gasteiger partial charge on any atom is -0.496 e. The number of carboxylic acids is 1. The number of carbonyl (C=O) groups is 4. The maximum atomic E-state index is 13.2. The molecule has 1 aliphatic heterocycles. The second-order valence-electron chi connectivity index (χ2n) is 7.39. The average molecular weight is 444 g/mol. The Morgan fingerprint density at radius 2 is 1.90 bits per heavy atom. The Balaban J connectivity index is 1.84. The standard InChI is InChI=1S/C23H22ClNO6/c1-31-20-9-7-17(24)11-16(20)10-15-6-8-18(26)13-25(22(15)28)21(27)12-14-4-2-3-5-19(14)23(29)30/h2-5,7,9,11,15H,6,8,10,12-13H2,1H3,(H,29,30). The van der Waals surface area contributed by atoms with Crippen LogP contribution in [0.25, 0.3) is 0 Å². The van der Waals surface area contributed by atoms with Crippen LogP contribution in [-0.2, 0) is 27.2 Å². The second kappa shape index (κ2) is 9.75. The number of ether oxygens (including phenoxy) is 1. The van der Waals surface area contributed by atoms with E-state index in [0.29, 0.717) is 22.8 Å². The van der Waals surface area contributed by atoms with Crippen LogP contribution in [0.5, 0.6) is 5.75 Å². The van der Waals surface area contributed by atoms with Gasteiger partial charge in [0.1, 0.15) is 5.75 Å². The number of methoxy groups -OCH3 is 1. The van der Waals surface area contributed by atoms with Crippen molar-refractivity contribution < 1.29 is 29.0 Å². The summed E-state index contributed by atoms with van der Waals surface area (Å²) in [5.74, 6) is -2.46. The van der Waals surface area contributed by atoms with Gasteiger partial charge in [-0.3, -0.25) is 19.3 Å². The normalized spacial score (nSPS) is 16.7. The van der Waals surface area contributed by atoms with Gasteiger partial charge in [0.05, 0.1) is 25.6 Å². The molecule has 31 heavy (non-hydrogen) atoms. The highest BCUT2D eigenvalue weighted by molar-refractivity contribution is 6.30. The number of nitrogens with zero attached hydrogens (tertiary/aromatic N) is 1. The Morgan fingerprint density at radius 1 is 1.16 bits per heavy atom. The van der Waals surface area contributed by atoms with Crippen LogP contribution >= 0.6 is 11.6 Å². The monoisotopic (exact) mass is 443 g/mol. The lowest BCUT2D eigenvalue weighted by Gasteiger charge is -2.23. The molecule has 1 aliphatic rings. The largest absolute Gasteiger partial charge is 0.496 e. The summed E-state index contributed by atoms with van der Waals surface area (Å²) in [6.45, 7) is -0.309. The van der Waals surface area contributed by atoms with Crippen molar-refractivity contribution in [3.63, 3.8) is 0 Å². The fourth-order valence-corrected chi connectivity index (χ4v) is 3.92. The van der Waals surface area contributed by atoms with E-state index in [9.17, 15) is 24.3 Å². The molecule has 1 heterocycles. The number of rotatable bonds is 6. The number of ketones is 1. The van der Waals surface area contributed by atoms with E-state index >= 15 is 0 Å². The second-order valence-corrected chi connectivity index (χ2v) is 7.83. The number of hydrogen-bond acceptors (Lipinski definition) is 5. The molecule has 8 heteroatoms. The lowest BCUT2D eigenvalue weighted by molar-refractivity contribution is -0.148. The first-order valence-corrected chi connectivity index (χ1v) is 10.2. The topological polar surface area (TPSA) is 101 Å². The summed E-state index contributed by atoms with van der Waals surface area (Å²) in [5, 5.41) is 9.83. The van der Waals surface area contributed by atoms with Crippen molar-refractivity contribution in [1.82, 2.24) is 4.90 Å². The van der Waals surface area contributed by atoms with Gasteiger partial charge < -0.3 is 9.84 Å². The van der Waals surface area contributed by atoms with Gasteiger partial charge in [-0.1, -0.05) is 29.8 Å². The fraction of sp³-hybridized carbons (Fsp3) is 0.304. The summed E-state index contributed by atoms with van der Waals surface area (Å²) in [6.07, 6.45) is 0.470. The number of Topliss-reactive ketones (excluding diaryl/α,β-unsaturated/α-hetero) is 1. The van der Waals surface area contributed by atoms with Crippen LogP contribution < -0.4 is 4.74 Å². The van der Waals surface area contributed by atoms with Crippen molar-refractivity contribution in [2.45, 2.75) is 25.7 Å².